The van der Waals surface area contributed by atoms with Crippen molar-refractivity contribution in [3.63, 3.8) is 0 Å². The summed E-state index contributed by atoms with van der Waals surface area (Å²) in [7, 11) is 0. The Hall–Kier alpha value is -0.730. The first-order valence-corrected chi connectivity index (χ1v) is 7.67. The predicted molar refractivity (Wildman–Crippen MR) is 71.8 cm³/mol. The molecule has 3 atom stereocenters. The highest BCUT2D eigenvalue weighted by Crippen LogP contribution is 2.42. The highest BCUT2D eigenvalue weighted by molar-refractivity contribution is 5.73. The van der Waals surface area contributed by atoms with E-state index in [1.807, 2.05) is 4.90 Å². The Labute approximate surface area is 110 Å². The zero-order valence-corrected chi connectivity index (χ0v) is 11.2. The molecule has 1 aliphatic carbocycles. The minimum Gasteiger partial charge on any atom is -0.351 e. The minimum absolute atomic E-state index is 0.191. The summed E-state index contributed by atoms with van der Waals surface area (Å²) in [5.74, 6) is 1.51. The van der Waals surface area contributed by atoms with E-state index in [1.165, 1.54) is 44.9 Å². The van der Waals surface area contributed by atoms with Crippen LogP contribution < -0.4 is 5.73 Å². The van der Waals surface area contributed by atoms with Crippen LogP contribution in [-0.2, 0) is 0 Å². The number of amides is 2. The van der Waals surface area contributed by atoms with Crippen molar-refractivity contribution in [1.29, 1.82) is 0 Å². The van der Waals surface area contributed by atoms with Gasteiger partial charge in [0.25, 0.3) is 0 Å². The van der Waals surface area contributed by atoms with Gasteiger partial charge in [-0.1, -0.05) is 32.1 Å². The summed E-state index contributed by atoms with van der Waals surface area (Å²) >= 11 is 0. The van der Waals surface area contributed by atoms with Crippen LogP contribution in [0, 0.1) is 18.3 Å². The fourth-order valence-electron chi connectivity index (χ4n) is 4.46. The maximum atomic E-state index is 11.6. The lowest BCUT2D eigenvalue weighted by Gasteiger charge is -2.40. The Morgan fingerprint density at radius 1 is 1.17 bits per heavy atom. The van der Waals surface area contributed by atoms with Gasteiger partial charge in [0.1, 0.15) is 0 Å². The van der Waals surface area contributed by atoms with Crippen LogP contribution in [0.2, 0.25) is 0 Å². The average Bonchev–Trinajstić information content (AvgIpc) is 2.70. The van der Waals surface area contributed by atoms with Crippen molar-refractivity contribution in [2.45, 2.75) is 69.9 Å². The van der Waals surface area contributed by atoms with Crippen molar-refractivity contribution in [1.82, 2.24) is 4.90 Å². The van der Waals surface area contributed by atoms with Crippen LogP contribution in [0.3, 0.4) is 0 Å². The van der Waals surface area contributed by atoms with Crippen LogP contribution >= 0.6 is 0 Å². The van der Waals surface area contributed by atoms with Gasteiger partial charge in [-0.15, -0.1) is 0 Å². The van der Waals surface area contributed by atoms with Crippen LogP contribution in [0.4, 0.5) is 4.79 Å². The van der Waals surface area contributed by atoms with Gasteiger partial charge in [0.2, 0.25) is 0 Å². The van der Waals surface area contributed by atoms with Crippen molar-refractivity contribution in [3.05, 3.63) is 6.42 Å². The molecule has 2 heterocycles. The Morgan fingerprint density at radius 2 is 1.94 bits per heavy atom. The van der Waals surface area contributed by atoms with E-state index in [2.05, 4.69) is 6.42 Å². The third-order valence-electron chi connectivity index (χ3n) is 5.34. The van der Waals surface area contributed by atoms with Gasteiger partial charge in [-0.3, -0.25) is 0 Å². The standard InChI is InChI=1S/C15H25N2O/c16-15(18)17-13-7-6-12(14(17)9-8-13)10-11-4-2-1-3-5-11/h6,11-14H,1-5,7-10H2,(H2,16,18). The first-order chi connectivity index (χ1) is 8.75. The molecule has 1 radical (unpaired) electrons. The number of nitrogens with two attached hydrogens (primary N) is 1. The molecule has 101 valence electrons. The molecule has 3 unspecified atom stereocenters. The lowest BCUT2D eigenvalue weighted by atomic mass is 9.77. The van der Waals surface area contributed by atoms with Crippen molar-refractivity contribution in [3.8, 4) is 0 Å². The summed E-state index contributed by atoms with van der Waals surface area (Å²) in [6.45, 7) is 0. The molecule has 18 heavy (non-hydrogen) atoms. The zero-order chi connectivity index (χ0) is 12.5. The van der Waals surface area contributed by atoms with Gasteiger partial charge >= 0.3 is 6.03 Å². The molecule has 2 bridgehead atoms. The molecule has 2 N–H and O–H groups in total. The van der Waals surface area contributed by atoms with E-state index >= 15 is 0 Å². The van der Waals surface area contributed by atoms with Gasteiger partial charge in [0.15, 0.2) is 0 Å². The monoisotopic (exact) mass is 249 g/mol. The number of carbonyl (C=O) groups is 1. The summed E-state index contributed by atoms with van der Waals surface area (Å²) in [6.07, 6.45) is 14.2. The van der Waals surface area contributed by atoms with E-state index in [4.69, 9.17) is 5.73 Å². The van der Waals surface area contributed by atoms with E-state index in [1.54, 1.807) is 0 Å². The van der Waals surface area contributed by atoms with Crippen LogP contribution in [0.5, 0.6) is 0 Å². The molecular weight excluding hydrogens is 224 g/mol. The number of hydrogen-bond acceptors (Lipinski definition) is 1. The molecule has 3 rings (SSSR count). The number of rotatable bonds is 2. The first-order valence-electron chi connectivity index (χ1n) is 7.67. The molecule has 3 aliphatic rings. The average molecular weight is 249 g/mol. The molecule has 3 nitrogen and oxygen atoms in total. The Morgan fingerprint density at radius 3 is 2.67 bits per heavy atom. The van der Waals surface area contributed by atoms with Crippen molar-refractivity contribution in [2.24, 2.45) is 17.6 Å². The van der Waals surface area contributed by atoms with Crippen LogP contribution in [0.25, 0.3) is 0 Å². The molecule has 0 aromatic carbocycles. The van der Waals surface area contributed by atoms with Gasteiger partial charge < -0.3 is 10.6 Å². The molecule has 0 aromatic rings. The lowest BCUT2D eigenvalue weighted by molar-refractivity contribution is 0.128. The maximum Gasteiger partial charge on any atom is 0.315 e. The molecule has 3 fully saturated rings. The smallest absolute Gasteiger partial charge is 0.315 e. The fraction of sp³-hybridized carbons (Fsp3) is 0.867. The Balaban J connectivity index is 1.63. The van der Waals surface area contributed by atoms with Crippen molar-refractivity contribution < 1.29 is 4.79 Å². The van der Waals surface area contributed by atoms with Gasteiger partial charge in [-0.2, -0.15) is 0 Å². The quantitative estimate of drug-likeness (QED) is 0.803. The topological polar surface area (TPSA) is 46.3 Å². The largest absolute Gasteiger partial charge is 0.351 e. The minimum atomic E-state index is -0.191. The zero-order valence-electron chi connectivity index (χ0n) is 11.2. The number of hydrogen-bond donors (Lipinski definition) is 1. The molecule has 2 saturated heterocycles. The second-order valence-corrected chi connectivity index (χ2v) is 6.42. The van der Waals surface area contributed by atoms with Crippen molar-refractivity contribution >= 4 is 6.03 Å². The normalized spacial score (nSPS) is 36.9. The summed E-state index contributed by atoms with van der Waals surface area (Å²) in [6, 6.07) is 0.641. The third kappa shape index (κ3) is 2.24. The lowest BCUT2D eigenvalue weighted by Crippen LogP contribution is -2.51. The highest BCUT2D eigenvalue weighted by Gasteiger charge is 2.44. The van der Waals surface area contributed by atoms with E-state index in [9.17, 15) is 4.79 Å². The maximum absolute atomic E-state index is 11.6. The van der Waals surface area contributed by atoms with Crippen LogP contribution in [-0.4, -0.2) is 23.0 Å². The number of piperidine rings is 1. The second-order valence-electron chi connectivity index (χ2n) is 6.42. The highest BCUT2D eigenvalue weighted by atomic mass is 16.2. The number of carbonyl (C=O) groups excluding carboxylic acids is 1. The van der Waals surface area contributed by atoms with Crippen molar-refractivity contribution in [2.75, 3.05) is 0 Å². The molecule has 0 aromatic heterocycles. The number of primary amides is 1. The van der Waals surface area contributed by atoms with Crippen LogP contribution in [0.15, 0.2) is 0 Å². The summed E-state index contributed by atoms with van der Waals surface area (Å²) in [5.41, 5.74) is 5.56. The second kappa shape index (κ2) is 5.10. The SMILES string of the molecule is NC(=O)N1C2C[CH]C(CC3CCCCC3)C1CC2. The number of nitrogens with zero attached hydrogens (tertiary/aromatic N) is 1. The molecular formula is C15H25N2O. The van der Waals surface area contributed by atoms with E-state index in [0.717, 1.165) is 18.8 Å². The number of fused-ring (bicyclic) bond motifs is 2. The molecule has 3 heteroatoms. The summed E-state index contributed by atoms with van der Waals surface area (Å²) in [5, 5.41) is 0. The predicted octanol–water partition coefficient (Wildman–Crippen LogP) is 3.09. The molecule has 1 saturated carbocycles. The third-order valence-corrected chi connectivity index (χ3v) is 5.34. The Kier molecular flexibility index (Phi) is 3.49. The molecule has 2 aliphatic heterocycles. The van der Waals surface area contributed by atoms with E-state index in [0.29, 0.717) is 18.0 Å². The number of urea groups is 1. The van der Waals surface area contributed by atoms with E-state index in [-0.39, 0.29) is 6.03 Å². The van der Waals surface area contributed by atoms with Gasteiger partial charge in [0.05, 0.1) is 0 Å². The molecule has 2 amide bonds. The molecule has 0 spiro atoms. The van der Waals surface area contributed by atoms with Gasteiger partial charge in [-0.05, 0) is 43.9 Å². The fourth-order valence-corrected chi connectivity index (χ4v) is 4.46. The first kappa shape index (κ1) is 12.3. The van der Waals surface area contributed by atoms with Crippen LogP contribution in [0.1, 0.15) is 57.8 Å². The summed E-state index contributed by atoms with van der Waals surface area (Å²) in [4.78, 5) is 13.6. The van der Waals surface area contributed by atoms with Gasteiger partial charge in [-0.25, -0.2) is 4.79 Å². The van der Waals surface area contributed by atoms with Gasteiger partial charge in [0, 0.05) is 12.1 Å². The Bertz CT molecular complexity index is 312. The summed E-state index contributed by atoms with van der Waals surface area (Å²) < 4.78 is 0. The van der Waals surface area contributed by atoms with E-state index < -0.39 is 0 Å².